The van der Waals surface area contributed by atoms with E-state index in [1.165, 1.54) is 0 Å². The number of hydrogen-bond acceptors (Lipinski definition) is 7. The van der Waals surface area contributed by atoms with Gasteiger partial charge in [0.1, 0.15) is 0 Å². The van der Waals surface area contributed by atoms with Crippen molar-refractivity contribution in [2.75, 3.05) is 0 Å². The lowest BCUT2D eigenvalue weighted by Crippen LogP contribution is -2.41. The minimum Gasteiger partial charge on any atom is -0.399 e. The standard InChI is InChI=1S/C26H31B2O5PS2/c1-23(2)24(3,4)31-27(30-23)19-14-17-21(35-19)22-18(34(17,29)16-12-10-9-11-13-16)15-20(36-22)28-32-25(5,6)26(7,8)33-28/h9-15H,1-8H3. The van der Waals surface area contributed by atoms with Crippen LogP contribution in [-0.4, -0.2) is 36.6 Å². The Morgan fingerprint density at radius 3 is 1.36 bits per heavy atom. The minimum atomic E-state index is -3.07. The average molecular weight is 540 g/mol. The largest absolute Gasteiger partial charge is 0.505 e. The van der Waals surface area contributed by atoms with Gasteiger partial charge in [0, 0.05) is 25.5 Å². The summed E-state index contributed by atoms with van der Waals surface area (Å²) in [5.41, 5.74) is -1.75. The van der Waals surface area contributed by atoms with Crippen molar-refractivity contribution in [2.24, 2.45) is 0 Å². The van der Waals surface area contributed by atoms with Crippen LogP contribution in [0.5, 0.6) is 0 Å². The third-order valence-electron chi connectivity index (χ3n) is 8.44. The second kappa shape index (κ2) is 7.69. The van der Waals surface area contributed by atoms with Crippen molar-refractivity contribution in [1.29, 1.82) is 0 Å². The van der Waals surface area contributed by atoms with Gasteiger partial charge in [-0.15, -0.1) is 22.7 Å². The summed E-state index contributed by atoms with van der Waals surface area (Å²) in [5, 5.41) is 2.59. The van der Waals surface area contributed by atoms with Crippen LogP contribution in [0.2, 0.25) is 0 Å². The summed E-state index contributed by atoms with van der Waals surface area (Å²) in [6, 6.07) is 13.9. The van der Waals surface area contributed by atoms with Gasteiger partial charge in [0.15, 0.2) is 7.14 Å². The fourth-order valence-corrected chi connectivity index (χ4v) is 11.2. The van der Waals surface area contributed by atoms with E-state index < -0.39 is 43.8 Å². The third-order valence-corrected chi connectivity index (χ3v) is 14.3. The predicted octanol–water partition coefficient (Wildman–Crippen LogP) is 4.03. The monoisotopic (exact) mass is 540 g/mol. The zero-order valence-electron chi connectivity index (χ0n) is 22.0. The van der Waals surface area contributed by atoms with Crippen LogP contribution in [0.1, 0.15) is 55.4 Å². The first kappa shape index (κ1) is 25.1. The van der Waals surface area contributed by atoms with Crippen LogP contribution in [0.15, 0.2) is 42.5 Å². The second-order valence-electron chi connectivity index (χ2n) is 11.8. The summed E-state index contributed by atoms with van der Waals surface area (Å²) in [4.78, 5) is 2.07. The van der Waals surface area contributed by atoms with Gasteiger partial charge in [-0.25, -0.2) is 0 Å². The van der Waals surface area contributed by atoms with Crippen molar-refractivity contribution in [1.82, 2.24) is 0 Å². The second-order valence-corrected chi connectivity index (χ2v) is 16.7. The van der Waals surface area contributed by atoms with E-state index in [2.05, 4.69) is 67.5 Å². The van der Waals surface area contributed by atoms with Crippen molar-refractivity contribution in [3.8, 4) is 9.75 Å². The minimum absolute atomic E-state index is 0.437. The quantitative estimate of drug-likeness (QED) is 0.290. The molecule has 5 nitrogen and oxygen atoms in total. The molecule has 0 amide bonds. The fraction of sp³-hybridized carbons (Fsp3) is 0.462. The number of thiophene rings is 2. The van der Waals surface area contributed by atoms with Gasteiger partial charge in [0.05, 0.1) is 32.2 Å². The first-order valence-electron chi connectivity index (χ1n) is 12.3. The maximum Gasteiger partial charge on any atom is 0.505 e. The lowest BCUT2D eigenvalue weighted by Gasteiger charge is -2.32. The normalized spacial score (nSPS) is 24.2. The highest BCUT2D eigenvalue weighted by Crippen LogP contribution is 2.55. The summed E-state index contributed by atoms with van der Waals surface area (Å²) in [6.07, 6.45) is 0. The van der Waals surface area contributed by atoms with Gasteiger partial charge < -0.3 is 23.2 Å². The average Bonchev–Trinajstić information content (AvgIpc) is 3.53. The first-order valence-corrected chi connectivity index (χ1v) is 15.7. The van der Waals surface area contributed by atoms with Crippen LogP contribution >= 0.6 is 29.8 Å². The number of benzene rings is 1. The van der Waals surface area contributed by atoms with Crippen LogP contribution in [0, 0.1) is 0 Å². The van der Waals surface area contributed by atoms with E-state index >= 15 is 4.57 Å². The van der Waals surface area contributed by atoms with Crippen LogP contribution in [0.4, 0.5) is 0 Å². The molecule has 3 aliphatic rings. The molecule has 1 aromatic carbocycles. The van der Waals surface area contributed by atoms with E-state index in [4.69, 9.17) is 18.6 Å². The Bertz CT molecular complexity index is 1290. The summed E-state index contributed by atoms with van der Waals surface area (Å²) < 4.78 is 42.3. The molecule has 0 bridgehead atoms. The molecule has 10 heteroatoms. The molecule has 0 radical (unpaired) electrons. The van der Waals surface area contributed by atoms with Gasteiger partial charge in [-0.1, -0.05) is 30.3 Å². The highest BCUT2D eigenvalue weighted by Gasteiger charge is 2.55. The molecule has 0 spiro atoms. The molecule has 36 heavy (non-hydrogen) atoms. The highest BCUT2D eigenvalue weighted by molar-refractivity contribution is 7.87. The molecule has 0 unspecified atom stereocenters. The lowest BCUT2D eigenvalue weighted by atomic mass is 9.88. The number of fused-ring (bicyclic) bond motifs is 3. The topological polar surface area (TPSA) is 54.0 Å². The molecular formula is C26H31B2O5PS2. The smallest absolute Gasteiger partial charge is 0.399 e. The van der Waals surface area contributed by atoms with E-state index in [-0.39, 0.29) is 0 Å². The Kier molecular flexibility index (Phi) is 5.37. The van der Waals surface area contributed by atoms with Gasteiger partial charge in [-0.3, -0.25) is 0 Å². The van der Waals surface area contributed by atoms with E-state index in [1.54, 1.807) is 22.7 Å². The fourth-order valence-electron chi connectivity index (χ4n) is 4.79. The van der Waals surface area contributed by atoms with E-state index in [1.807, 2.05) is 30.3 Å². The number of hydrogen-bond donors (Lipinski definition) is 0. The molecule has 2 fully saturated rings. The molecule has 3 aromatic rings. The molecular weight excluding hydrogens is 509 g/mol. The maximum absolute atomic E-state index is 15.1. The summed E-state index contributed by atoms with van der Waals surface area (Å²) in [7, 11) is -4.04. The third kappa shape index (κ3) is 3.40. The van der Waals surface area contributed by atoms with Crippen LogP contribution in [-0.2, 0) is 23.2 Å². The van der Waals surface area contributed by atoms with Gasteiger partial charge >= 0.3 is 14.2 Å². The van der Waals surface area contributed by atoms with E-state index in [0.717, 1.165) is 35.2 Å². The Morgan fingerprint density at radius 1 is 0.639 bits per heavy atom. The Hall–Kier alpha value is -1.18. The van der Waals surface area contributed by atoms with Gasteiger partial charge in [0.2, 0.25) is 0 Å². The molecule has 188 valence electrons. The molecule has 6 rings (SSSR count). The van der Waals surface area contributed by atoms with Crippen molar-refractivity contribution in [2.45, 2.75) is 77.8 Å². The van der Waals surface area contributed by atoms with E-state index in [0.29, 0.717) is 0 Å². The molecule has 0 saturated carbocycles. The van der Waals surface area contributed by atoms with Crippen LogP contribution < -0.4 is 25.5 Å². The van der Waals surface area contributed by atoms with Crippen LogP contribution in [0.25, 0.3) is 9.75 Å². The maximum atomic E-state index is 15.1. The Labute approximate surface area is 222 Å². The summed E-state index contributed by atoms with van der Waals surface area (Å²) in [5.74, 6) is 0. The van der Waals surface area contributed by atoms with Gasteiger partial charge in [0.25, 0.3) is 0 Å². The molecule has 3 aliphatic heterocycles. The van der Waals surface area contributed by atoms with Crippen molar-refractivity contribution in [3.63, 3.8) is 0 Å². The molecule has 0 aliphatic carbocycles. The predicted molar refractivity (Wildman–Crippen MR) is 152 cm³/mol. The zero-order valence-corrected chi connectivity index (χ0v) is 24.5. The van der Waals surface area contributed by atoms with Crippen molar-refractivity contribution >= 4 is 69.5 Å². The van der Waals surface area contributed by atoms with Gasteiger partial charge in [-0.05, 0) is 67.5 Å². The summed E-state index contributed by atoms with van der Waals surface area (Å²) >= 11 is 3.24. The molecule has 2 aromatic heterocycles. The molecule has 0 atom stereocenters. The first-order chi connectivity index (χ1) is 16.7. The van der Waals surface area contributed by atoms with Gasteiger partial charge in [-0.2, -0.15) is 0 Å². The van der Waals surface area contributed by atoms with Crippen LogP contribution in [0.3, 0.4) is 0 Å². The SMILES string of the molecule is CC1(C)OB(c2cc3c(s2)-c2sc(B4OC(C)(C)C(C)(C)O4)cc2P3(=O)c2ccccc2)OC1(C)C. The van der Waals surface area contributed by atoms with Crippen molar-refractivity contribution < 1.29 is 23.2 Å². The molecule has 0 N–H and O–H groups in total. The summed E-state index contributed by atoms with van der Waals surface area (Å²) in [6.45, 7) is 16.4. The molecule has 2 saturated heterocycles. The lowest BCUT2D eigenvalue weighted by molar-refractivity contribution is 0.00578. The Balaban J connectivity index is 1.47. The van der Waals surface area contributed by atoms with E-state index in [9.17, 15) is 0 Å². The molecule has 5 heterocycles. The highest BCUT2D eigenvalue weighted by atomic mass is 32.1. The number of rotatable bonds is 3. The van der Waals surface area contributed by atoms with Crippen molar-refractivity contribution in [3.05, 3.63) is 42.5 Å². The zero-order chi connectivity index (χ0) is 25.9. The Morgan fingerprint density at radius 2 is 1.00 bits per heavy atom.